The van der Waals surface area contributed by atoms with Crippen LogP contribution in [0.5, 0.6) is 0 Å². The van der Waals surface area contributed by atoms with Crippen LogP contribution in [0.2, 0.25) is 5.02 Å². The summed E-state index contributed by atoms with van der Waals surface area (Å²) < 4.78 is 0. The van der Waals surface area contributed by atoms with Crippen LogP contribution >= 0.6 is 11.6 Å². The predicted octanol–water partition coefficient (Wildman–Crippen LogP) is 4.18. The van der Waals surface area contributed by atoms with E-state index in [1.165, 1.54) is 24.8 Å². The molecular weight excluding hydrogens is 218 g/mol. The molecule has 0 amide bonds. The molecule has 0 heterocycles. The van der Waals surface area contributed by atoms with Crippen molar-refractivity contribution in [3.05, 3.63) is 34.9 Å². The molecule has 0 bridgehead atoms. The number of rotatable bonds is 5. The van der Waals surface area contributed by atoms with E-state index in [1.54, 1.807) is 0 Å². The average Bonchev–Trinajstić information content (AvgIpc) is 3.07. The Labute approximate surface area is 103 Å². The molecule has 1 aliphatic carbocycles. The Morgan fingerprint density at radius 3 is 2.75 bits per heavy atom. The molecule has 0 radical (unpaired) electrons. The van der Waals surface area contributed by atoms with Crippen LogP contribution in [0.3, 0.4) is 0 Å². The van der Waals surface area contributed by atoms with Crippen LogP contribution in [0.25, 0.3) is 0 Å². The SMILES string of the molecule is CCC1(CNC(C)c2cccc(Cl)c2)CC1. The second-order valence-electron chi connectivity index (χ2n) is 5.01. The molecule has 1 nitrogen and oxygen atoms in total. The van der Waals surface area contributed by atoms with Gasteiger partial charge in [0.15, 0.2) is 0 Å². The standard InChI is InChI=1S/C14H20ClN/c1-3-14(7-8-14)10-16-11(2)12-5-4-6-13(15)9-12/h4-6,9,11,16H,3,7-8,10H2,1-2H3. The van der Waals surface area contributed by atoms with Crippen LogP contribution < -0.4 is 5.32 Å². The van der Waals surface area contributed by atoms with Crippen LogP contribution in [0.15, 0.2) is 24.3 Å². The fourth-order valence-electron chi connectivity index (χ4n) is 2.10. The lowest BCUT2D eigenvalue weighted by Gasteiger charge is -2.19. The molecule has 0 spiro atoms. The van der Waals surface area contributed by atoms with Gasteiger partial charge >= 0.3 is 0 Å². The van der Waals surface area contributed by atoms with E-state index in [0.29, 0.717) is 11.5 Å². The van der Waals surface area contributed by atoms with Crippen molar-refractivity contribution >= 4 is 11.6 Å². The van der Waals surface area contributed by atoms with Crippen molar-refractivity contribution in [1.82, 2.24) is 5.32 Å². The topological polar surface area (TPSA) is 12.0 Å². The molecule has 1 fully saturated rings. The average molecular weight is 238 g/mol. The van der Waals surface area contributed by atoms with Gasteiger partial charge in [0.2, 0.25) is 0 Å². The van der Waals surface area contributed by atoms with Crippen LogP contribution in [0, 0.1) is 5.41 Å². The van der Waals surface area contributed by atoms with E-state index < -0.39 is 0 Å². The van der Waals surface area contributed by atoms with Gasteiger partial charge in [0.05, 0.1) is 0 Å². The van der Waals surface area contributed by atoms with Gasteiger partial charge in [0.25, 0.3) is 0 Å². The third-order valence-electron chi connectivity index (χ3n) is 3.84. The summed E-state index contributed by atoms with van der Waals surface area (Å²) in [5.41, 5.74) is 1.88. The van der Waals surface area contributed by atoms with Gasteiger partial charge in [0.1, 0.15) is 0 Å². The summed E-state index contributed by atoms with van der Waals surface area (Å²) in [6.07, 6.45) is 4.07. The highest BCUT2D eigenvalue weighted by molar-refractivity contribution is 6.30. The van der Waals surface area contributed by atoms with Crippen LogP contribution in [0.4, 0.5) is 0 Å². The number of benzene rings is 1. The molecule has 0 saturated heterocycles. The van der Waals surface area contributed by atoms with Gasteiger partial charge < -0.3 is 5.32 Å². The lowest BCUT2D eigenvalue weighted by atomic mass is 10.0. The zero-order valence-electron chi connectivity index (χ0n) is 10.1. The minimum atomic E-state index is 0.391. The summed E-state index contributed by atoms with van der Waals surface area (Å²) in [7, 11) is 0. The highest BCUT2D eigenvalue weighted by atomic mass is 35.5. The quantitative estimate of drug-likeness (QED) is 0.810. The highest BCUT2D eigenvalue weighted by Crippen LogP contribution is 2.48. The fraction of sp³-hybridized carbons (Fsp3) is 0.571. The molecule has 2 rings (SSSR count). The summed E-state index contributed by atoms with van der Waals surface area (Å²) >= 11 is 5.99. The Balaban J connectivity index is 1.90. The van der Waals surface area contributed by atoms with E-state index in [0.717, 1.165) is 11.6 Å². The molecule has 2 heteroatoms. The van der Waals surface area contributed by atoms with Crippen molar-refractivity contribution in [2.45, 2.75) is 39.2 Å². The summed E-state index contributed by atoms with van der Waals surface area (Å²) in [6, 6.07) is 8.51. The summed E-state index contributed by atoms with van der Waals surface area (Å²) in [4.78, 5) is 0. The molecule has 88 valence electrons. The molecule has 0 aliphatic heterocycles. The Kier molecular flexibility index (Phi) is 3.56. The van der Waals surface area contributed by atoms with Gasteiger partial charge in [0, 0.05) is 17.6 Å². The van der Waals surface area contributed by atoms with Crippen molar-refractivity contribution in [2.24, 2.45) is 5.41 Å². The number of nitrogens with one attached hydrogen (secondary N) is 1. The first-order chi connectivity index (χ1) is 7.65. The lowest BCUT2D eigenvalue weighted by molar-refractivity contribution is 0.415. The number of hydrogen-bond donors (Lipinski definition) is 1. The van der Waals surface area contributed by atoms with Gasteiger partial charge in [-0.2, -0.15) is 0 Å². The molecule has 1 unspecified atom stereocenters. The van der Waals surface area contributed by atoms with Gasteiger partial charge in [-0.3, -0.25) is 0 Å². The molecule has 1 aliphatic rings. The highest BCUT2D eigenvalue weighted by Gasteiger charge is 2.40. The van der Waals surface area contributed by atoms with Gasteiger partial charge in [-0.15, -0.1) is 0 Å². The zero-order chi connectivity index (χ0) is 11.6. The van der Waals surface area contributed by atoms with Crippen molar-refractivity contribution in [2.75, 3.05) is 6.54 Å². The second-order valence-corrected chi connectivity index (χ2v) is 5.45. The van der Waals surface area contributed by atoms with E-state index in [-0.39, 0.29) is 0 Å². The van der Waals surface area contributed by atoms with E-state index in [1.807, 2.05) is 18.2 Å². The maximum Gasteiger partial charge on any atom is 0.0409 e. The number of halogens is 1. The first-order valence-electron chi connectivity index (χ1n) is 6.14. The van der Waals surface area contributed by atoms with Crippen molar-refractivity contribution < 1.29 is 0 Å². The van der Waals surface area contributed by atoms with E-state index >= 15 is 0 Å². The van der Waals surface area contributed by atoms with Gasteiger partial charge in [-0.25, -0.2) is 0 Å². The van der Waals surface area contributed by atoms with E-state index in [9.17, 15) is 0 Å². The molecule has 1 aromatic carbocycles. The summed E-state index contributed by atoms with van der Waals surface area (Å²) in [6.45, 7) is 5.63. The summed E-state index contributed by atoms with van der Waals surface area (Å²) in [5.74, 6) is 0. The van der Waals surface area contributed by atoms with E-state index in [2.05, 4.69) is 25.2 Å². The van der Waals surface area contributed by atoms with Gasteiger partial charge in [-0.1, -0.05) is 30.7 Å². The first-order valence-corrected chi connectivity index (χ1v) is 6.52. The molecule has 1 saturated carbocycles. The Morgan fingerprint density at radius 2 is 2.19 bits per heavy atom. The van der Waals surface area contributed by atoms with Crippen LogP contribution in [-0.4, -0.2) is 6.54 Å². The third-order valence-corrected chi connectivity index (χ3v) is 4.07. The van der Waals surface area contributed by atoms with Crippen LogP contribution in [-0.2, 0) is 0 Å². The van der Waals surface area contributed by atoms with Crippen molar-refractivity contribution in [3.8, 4) is 0 Å². The normalized spacial score (nSPS) is 19.4. The lowest BCUT2D eigenvalue weighted by Crippen LogP contribution is -2.26. The maximum atomic E-state index is 5.99. The van der Waals surface area contributed by atoms with Crippen LogP contribution in [0.1, 0.15) is 44.7 Å². The first kappa shape index (κ1) is 11.9. The third kappa shape index (κ3) is 2.78. The molecule has 1 aromatic rings. The molecular formula is C14H20ClN. The smallest absolute Gasteiger partial charge is 0.0409 e. The van der Waals surface area contributed by atoms with E-state index in [4.69, 9.17) is 11.6 Å². The van der Waals surface area contributed by atoms with Crippen molar-refractivity contribution in [1.29, 1.82) is 0 Å². The Bertz CT molecular complexity index is 358. The minimum Gasteiger partial charge on any atom is -0.310 e. The Hall–Kier alpha value is -0.530. The zero-order valence-corrected chi connectivity index (χ0v) is 10.8. The molecule has 16 heavy (non-hydrogen) atoms. The van der Waals surface area contributed by atoms with Crippen molar-refractivity contribution in [3.63, 3.8) is 0 Å². The molecule has 0 aromatic heterocycles. The second kappa shape index (κ2) is 4.77. The Morgan fingerprint density at radius 1 is 1.44 bits per heavy atom. The molecule has 1 N–H and O–H groups in total. The monoisotopic (exact) mass is 237 g/mol. The molecule has 1 atom stereocenters. The summed E-state index contributed by atoms with van der Waals surface area (Å²) in [5, 5.41) is 4.44. The number of hydrogen-bond acceptors (Lipinski definition) is 1. The fourth-order valence-corrected chi connectivity index (χ4v) is 2.29. The minimum absolute atomic E-state index is 0.391. The predicted molar refractivity (Wildman–Crippen MR) is 69.8 cm³/mol. The largest absolute Gasteiger partial charge is 0.310 e. The maximum absolute atomic E-state index is 5.99. The van der Waals surface area contributed by atoms with Gasteiger partial charge in [-0.05, 0) is 49.3 Å².